The van der Waals surface area contributed by atoms with Gasteiger partial charge in [-0.2, -0.15) is 0 Å². The predicted molar refractivity (Wildman–Crippen MR) is 114 cm³/mol. The second-order valence-corrected chi connectivity index (χ2v) is 8.63. The van der Waals surface area contributed by atoms with Crippen molar-refractivity contribution in [3.63, 3.8) is 0 Å². The van der Waals surface area contributed by atoms with Gasteiger partial charge in [0, 0.05) is 11.9 Å². The Morgan fingerprint density at radius 1 is 1.21 bits per heavy atom. The standard InChI is InChI=1S/C23H26N4O2/c1-15(2)12-18-20(23(18,3)4)21(28)24-17-9-7-8-16(13-17)14-27-22(29)26-11-6-5-10-19(26)25-27/h5-13,18,20H,14H2,1-4H3,(H,24,28)/t18-,20+/m0/s1. The van der Waals surface area contributed by atoms with Gasteiger partial charge in [-0.25, -0.2) is 9.48 Å². The summed E-state index contributed by atoms with van der Waals surface area (Å²) in [6.07, 6.45) is 3.90. The summed E-state index contributed by atoms with van der Waals surface area (Å²) in [5.41, 5.74) is 3.29. The van der Waals surface area contributed by atoms with E-state index < -0.39 is 0 Å². The van der Waals surface area contributed by atoms with E-state index in [0.29, 0.717) is 12.2 Å². The summed E-state index contributed by atoms with van der Waals surface area (Å²) in [7, 11) is 0. The van der Waals surface area contributed by atoms with Gasteiger partial charge >= 0.3 is 5.69 Å². The third kappa shape index (κ3) is 3.62. The van der Waals surface area contributed by atoms with E-state index >= 15 is 0 Å². The number of aromatic nitrogens is 3. The summed E-state index contributed by atoms with van der Waals surface area (Å²) >= 11 is 0. The lowest BCUT2D eigenvalue weighted by molar-refractivity contribution is -0.118. The molecular weight excluding hydrogens is 364 g/mol. The summed E-state index contributed by atoms with van der Waals surface area (Å²) < 4.78 is 2.95. The fourth-order valence-electron chi connectivity index (χ4n) is 4.06. The van der Waals surface area contributed by atoms with Crippen LogP contribution in [0.25, 0.3) is 5.65 Å². The molecule has 0 bridgehead atoms. The van der Waals surface area contributed by atoms with E-state index in [1.165, 1.54) is 14.7 Å². The number of nitrogens with zero attached hydrogens (tertiary/aromatic N) is 3. The van der Waals surface area contributed by atoms with Gasteiger partial charge in [-0.05, 0) is 55.0 Å². The minimum atomic E-state index is -0.181. The molecule has 1 aliphatic carbocycles. The van der Waals surface area contributed by atoms with Gasteiger partial charge in [0.2, 0.25) is 5.91 Å². The average molecular weight is 390 g/mol. The van der Waals surface area contributed by atoms with Crippen molar-refractivity contribution in [3.05, 3.63) is 76.4 Å². The number of carbonyl (C=O) groups excluding carboxylic acids is 1. The number of fused-ring (bicyclic) bond motifs is 1. The molecule has 3 aromatic rings. The molecule has 2 aromatic heterocycles. The highest BCUT2D eigenvalue weighted by atomic mass is 16.2. The van der Waals surface area contributed by atoms with Crippen LogP contribution >= 0.6 is 0 Å². The van der Waals surface area contributed by atoms with E-state index in [1.54, 1.807) is 18.3 Å². The lowest BCUT2D eigenvalue weighted by atomic mass is 10.1. The van der Waals surface area contributed by atoms with Crippen molar-refractivity contribution >= 4 is 17.2 Å². The molecule has 1 aromatic carbocycles. The molecule has 0 unspecified atom stereocenters. The summed E-state index contributed by atoms with van der Waals surface area (Å²) in [6.45, 7) is 8.74. The fourth-order valence-corrected chi connectivity index (χ4v) is 4.06. The first-order valence-electron chi connectivity index (χ1n) is 9.86. The Balaban J connectivity index is 1.51. The normalized spacial score (nSPS) is 19.7. The lowest BCUT2D eigenvalue weighted by Crippen LogP contribution is -2.21. The molecule has 0 radical (unpaired) electrons. The Morgan fingerprint density at radius 3 is 2.72 bits per heavy atom. The average Bonchev–Trinajstić information content (AvgIpc) is 3.04. The second-order valence-electron chi connectivity index (χ2n) is 8.63. The molecule has 1 N–H and O–H groups in total. The second kappa shape index (κ2) is 7.03. The number of amides is 1. The quantitative estimate of drug-likeness (QED) is 0.675. The van der Waals surface area contributed by atoms with Crippen molar-refractivity contribution in [3.8, 4) is 0 Å². The molecule has 0 aliphatic heterocycles. The maximum Gasteiger partial charge on any atom is 0.350 e. The van der Waals surface area contributed by atoms with Gasteiger partial charge in [-0.1, -0.05) is 43.7 Å². The molecule has 0 spiro atoms. The van der Waals surface area contributed by atoms with Crippen molar-refractivity contribution < 1.29 is 4.79 Å². The number of carbonyl (C=O) groups is 1. The molecule has 4 rings (SSSR count). The SMILES string of the molecule is CC(C)=C[C@H]1[C@H](C(=O)Nc2cccc(Cn3nc4ccccn4c3=O)c2)C1(C)C. The van der Waals surface area contributed by atoms with Crippen LogP contribution < -0.4 is 11.0 Å². The largest absolute Gasteiger partial charge is 0.350 e. The topological polar surface area (TPSA) is 68.4 Å². The van der Waals surface area contributed by atoms with Crippen molar-refractivity contribution in [2.45, 2.75) is 34.2 Å². The Labute approximate surface area is 169 Å². The number of hydrogen-bond acceptors (Lipinski definition) is 3. The van der Waals surface area contributed by atoms with Crippen molar-refractivity contribution in [2.24, 2.45) is 17.3 Å². The monoisotopic (exact) mass is 390 g/mol. The number of anilines is 1. The van der Waals surface area contributed by atoms with Gasteiger partial charge < -0.3 is 5.32 Å². The molecule has 6 nitrogen and oxygen atoms in total. The van der Waals surface area contributed by atoms with E-state index in [1.807, 2.05) is 30.3 Å². The van der Waals surface area contributed by atoms with Crippen LogP contribution in [0.1, 0.15) is 33.3 Å². The molecule has 2 heterocycles. The number of nitrogens with one attached hydrogen (secondary N) is 1. The first-order valence-corrected chi connectivity index (χ1v) is 9.86. The van der Waals surface area contributed by atoms with Crippen LogP contribution in [0.3, 0.4) is 0 Å². The molecule has 2 atom stereocenters. The molecule has 150 valence electrons. The zero-order valence-corrected chi connectivity index (χ0v) is 17.2. The van der Waals surface area contributed by atoms with Gasteiger partial charge in [0.15, 0.2) is 5.65 Å². The number of rotatable bonds is 5. The first-order chi connectivity index (χ1) is 13.8. The summed E-state index contributed by atoms with van der Waals surface area (Å²) in [5.74, 6) is 0.286. The van der Waals surface area contributed by atoms with E-state index in [-0.39, 0.29) is 28.8 Å². The lowest BCUT2D eigenvalue weighted by Gasteiger charge is -2.08. The number of hydrogen-bond donors (Lipinski definition) is 1. The minimum Gasteiger partial charge on any atom is -0.326 e. The highest BCUT2D eigenvalue weighted by Crippen LogP contribution is 2.59. The molecule has 1 fully saturated rings. The Morgan fingerprint density at radius 2 is 2.00 bits per heavy atom. The summed E-state index contributed by atoms with van der Waals surface area (Å²) in [4.78, 5) is 25.3. The summed E-state index contributed by atoms with van der Waals surface area (Å²) in [6, 6.07) is 13.0. The van der Waals surface area contributed by atoms with E-state index in [9.17, 15) is 9.59 Å². The third-order valence-corrected chi connectivity index (χ3v) is 5.72. The first kappa shape index (κ1) is 19.2. The van der Waals surface area contributed by atoms with Gasteiger partial charge in [0.25, 0.3) is 0 Å². The van der Waals surface area contributed by atoms with Crippen LogP contribution in [0, 0.1) is 17.3 Å². The Kier molecular flexibility index (Phi) is 4.65. The minimum absolute atomic E-state index is 0.0250. The molecular formula is C23H26N4O2. The number of benzene rings is 1. The van der Waals surface area contributed by atoms with Crippen molar-refractivity contribution in [2.75, 3.05) is 5.32 Å². The molecule has 1 aliphatic rings. The summed E-state index contributed by atoms with van der Waals surface area (Å²) in [5, 5.41) is 7.42. The zero-order valence-electron chi connectivity index (χ0n) is 17.2. The zero-order chi connectivity index (χ0) is 20.8. The predicted octanol–water partition coefficient (Wildman–Crippen LogP) is 3.72. The van der Waals surface area contributed by atoms with Gasteiger partial charge in [0.1, 0.15) is 0 Å². The highest BCUT2D eigenvalue weighted by molar-refractivity contribution is 5.95. The highest BCUT2D eigenvalue weighted by Gasteiger charge is 2.60. The van der Waals surface area contributed by atoms with Gasteiger partial charge in [0.05, 0.1) is 12.5 Å². The Hall–Kier alpha value is -3.15. The fraction of sp³-hybridized carbons (Fsp3) is 0.348. The van der Waals surface area contributed by atoms with Crippen LogP contribution in [-0.2, 0) is 11.3 Å². The van der Waals surface area contributed by atoms with Crippen LogP contribution in [0.4, 0.5) is 5.69 Å². The number of allylic oxidation sites excluding steroid dienone is 2. The molecule has 6 heteroatoms. The molecule has 1 saturated carbocycles. The van der Waals surface area contributed by atoms with E-state index in [4.69, 9.17) is 0 Å². The van der Waals surface area contributed by atoms with Crippen LogP contribution in [0.5, 0.6) is 0 Å². The number of pyridine rings is 1. The molecule has 1 amide bonds. The van der Waals surface area contributed by atoms with Gasteiger partial charge in [-0.3, -0.25) is 9.20 Å². The maximum atomic E-state index is 12.8. The van der Waals surface area contributed by atoms with Crippen LogP contribution in [0.15, 0.2) is 65.1 Å². The maximum absolute atomic E-state index is 12.8. The molecule has 29 heavy (non-hydrogen) atoms. The van der Waals surface area contributed by atoms with Crippen LogP contribution in [0.2, 0.25) is 0 Å². The van der Waals surface area contributed by atoms with Crippen molar-refractivity contribution in [1.29, 1.82) is 0 Å². The third-order valence-electron chi connectivity index (χ3n) is 5.72. The van der Waals surface area contributed by atoms with E-state index in [0.717, 1.165) is 11.3 Å². The molecule has 0 saturated heterocycles. The smallest absolute Gasteiger partial charge is 0.326 e. The van der Waals surface area contributed by atoms with Crippen LogP contribution in [-0.4, -0.2) is 20.1 Å². The Bertz CT molecular complexity index is 1160. The van der Waals surface area contributed by atoms with Gasteiger partial charge in [-0.15, -0.1) is 5.10 Å². The van der Waals surface area contributed by atoms with Crippen molar-refractivity contribution in [1.82, 2.24) is 14.2 Å². The van der Waals surface area contributed by atoms with E-state index in [2.05, 4.69) is 44.2 Å².